The van der Waals surface area contributed by atoms with E-state index < -0.39 is 0 Å². The van der Waals surface area contributed by atoms with E-state index >= 15 is 0 Å². The molecule has 2 amide bonds. The lowest BCUT2D eigenvalue weighted by Gasteiger charge is -2.36. The first-order chi connectivity index (χ1) is 14.0. The molecule has 3 heterocycles. The summed E-state index contributed by atoms with van der Waals surface area (Å²) in [6, 6.07) is 11.1. The van der Waals surface area contributed by atoms with Crippen molar-refractivity contribution in [2.75, 3.05) is 39.2 Å². The number of likely N-dealkylation sites (N-methyl/N-ethyl adjacent to an activating group) is 1. The quantitative estimate of drug-likeness (QED) is 0.708. The maximum absolute atomic E-state index is 13.5. The molecule has 7 heteroatoms. The minimum Gasteiger partial charge on any atom is -0.497 e. The molecule has 6 nitrogen and oxygen atoms in total. The Morgan fingerprint density at radius 1 is 1.10 bits per heavy atom. The Morgan fingerprint density at radius 3 is 2.52 bits per heavy atom. The molecule has 1 aromatic carbocycles. The van der Waals surface area contributed by atoms with E-state index in [-0.39, 0.29) is 17.9 Å². The average Bonchev–Trinajstić information content (AvgIpc) is 3.34. The third-order valence-corrected chi connectivity index (χ3v) is 6.61. The number of hydrogen-bond acceptors (Lipinski definition) is 6. The monoisotopic (exact) mass is 411 g/mol. The normalized spacial score (nSPS) is 18.7. The lowest BCUT2D eigenvalue weighted by Crippen LogP contribution is -2.43. The number of methoxy groups -OCH3 is 1. The first-order valence-corrected chi connectivity index (χ1v) is 10.6. The summed E-state index contributed by atoms with van der Waals surface area (Å²) in [6.45, 7) is 1.97. The van der Waals surface area contributed by atoms with Crippen LogP contribution in [0.25, 0.3) is 5.57 Å². The van der Waals surface area contributed by atoms with E-state index in [0.717, 1.165) is 30.8 Å². The van der Waals surface area contributed by atoms with Gasteiger partial charge in [0.1, 0.15) is 11.4 Å². The van der Waals surface area contributed by atoms with Crippen molar-refractivity contribution in [3.63, 3.8) is 0 Å². The lowest BCUT2D eigenvalue weighted by atomic mass is 10.0. The lowest BCUT2D eigenvalue weighted by molar-refractivity contribution is -0.120. The summed E-state index contributed by atoms with van der Waals surface area (Å²) in [5, 5.41) is 1.93. The Kier molecular flexibility index (Phi) is 5.43. The van der Waals surface area contributed by atoms with Gasteiger partial charge in [-0.25, -0.2) is 4.90 Å². The summed E-state index contributed by atoms with van der Waals surface area (Å²) in [5.74, 6) is 0.0615. The van der Waals surface area contributed by atoms with Crippen molar-refractivity contribution in [2.24, 2.45) is 0 Å². The number of nitrogens with zero attached hydrogens (tertiary/aromatic N) is 3. The molecule has 0 saturated carbocycles. The Morgan fingerprint density at radius 2 is 1.86 bits per heavy atom. The highest BCUT2D eigenvalue weighted by Crippen LogP contribution is 2.38. The molecule has 0 aliphatic carbocycles. The fourth-order valence-electron chi connectivity index (χ4n) is 4.04. The minimum absolute atomic E-state index is 0.234. The molecule has 1 aromatic heterocycles. The molecule has 4 rings (SSSR count). The van der Waals surface area contributed by atoms with Crippen molar-refractivity contribution in [3.8, 4) is 5.75 Å². The summed E-state index contributed by atoms with van der Waals surface area (Å²) >= 11 is 1.48. The number of likely N-dealkylation sites (tertiary alicyclic amines) is 1. The van der Waals surface area contributed by atoms with E-state index in [0.29, 0.717) is 22.7 Å². The number of benzene rings is 1. The van der Waals surface area contributed by atoms with Gasteiger partial charge in [-0.1, -0.05) is 12.1 Å². The number of carbonyl (C=O) groups excluding carboxylic acids is 2. The summed E-state index contributed by atoms with van der Waals surface area (Å²) in [5.41, 5.74) is 1.52. The van der Waals surface area contributed by atoms with E-state index in [4.69, 9.17) is 4.74 Å². The van der Waals surface area contributed by atoms with Crippen LogP contribution >= 0.6 is 11.3 Å². The molecular formula is C22H25N3O3S. The fourth-order valence-corrected chi connectivity index (χ4v) is 4.80. The zero-order chi connectivity index (χ0) is 20.5. The zero-order valence-corrected chi connectivity index (χ0v) is 17.7. The predicted octanol–water partition coefficient (Wildman–Crippen LogP) is 3.07. The maximum atomic E-state index is 13.5. The molecule has 2 aliphatic rings. The number of rotatable bonds is 5. The third-order valence-electron chi connectivity index (χ3n) is 5.73. The Hall–Kier alpha value is -2.64. The van der Waals surface area contributed by atoms with Crippen molar-refractivity contribution in [2.45, 2.75) is 18.9 Å². The van der Waals surface area contributed by atoms with Gasteiger partial charge < -0.3 is 14.5 Å². The second-order valence-electron chi connectivity index (χ2n) is 7.49. The summed E-state index contributed by atoms with van der Waals surface area (Å²) < 4.78 is 5.29. The minimum atomic E-state index is -0.277. The van der Waals surface area contributed by atoms with Crippen LogP contribution < -0.4 is 9.64 Å². The van der Waals surface area contributed by atoms with Crippen LogP contribution in [-0.4, -0.2) is 62.0 Å². The topological polar surface area (TPSA) is 53.1 Å². The van der Waals surface area contributed by atoms with Crippen LogP contribution in [0.1, 0.15) is 17.7 Å². The molecule has 1 saturated heterocycles. The standard InChI is InChI=1S/C22H25N3O3S/c1-23-11-9-15(10-12-23)24(2)20-19(18-8-5-13-29-18)21(26)25(22(20)27)16-6-4-7-17(14-16)28-3/h4-8,13-15H,9-12H2,1-3H3. The van der Waals surface area contributed by atoms with Crippen molar-refractivity contribution >= 4 is 34.4 Å². The van der Waals surface area contributed by atoms with E-state index in [9.17, 15) is 9.59 Å². The summed E-state index contributed by atoms with van der Waals surface area (Å²) in [7, 11) is 5.63. The Balaban J connectivity index is 1.75. The van der Waals surface area contributed by atoms with Crippen LogP contribution in [0.4, 0.5) is 5.69 Å². The molecule has 152 valence electrons. The molecule has 1 fully saturated rings. The maximum Gasteiger partial charge on any atom is 0.282 e. The van der Waals surface area contributed by atoms with Gasteiger partial charge in [0.2, 0.25) is 0 Å². The highest BCUT2D eigenvalue weighted by Gasteiger charge is 2.43. The molecule has 2 aliphatic heterocycles. The number of ether oxygens (including phenoxy) is 1. The van der Waals surface area contributed by atoms with E-state index in [1.165, 1.54) is 16.2 Å². The number of imide groups is 1. The van der Waals surface area contributed by atoms with Gasteiger partial charge in [-0.2, -0.15) is 0 Å². The van der Waals surface area contributed by atoms with E-state index in [2.05, 4.69) is 11.9 Å². The fraction of sp³-hybridized carbons (Fsp3) is 0.364. The van der Waals surface area contributed by atoms with Crippen molar-refractivity contribution in [1.29, 1.82) is 0 Å². The first kappa shape index (κ1) is 19.7. The van der Waals surface area contributed by atoms with Crippen LogP contribution in [-0.2, 0) is 9.59 Å². The van der Waals surface area contributed by atoms with Crippen LogP contribution in [0.2, 0.25) is 0 Å². The van der Waals surface area contributed by atoms with Crippen molar-refractivity contribution < 1.29 is 14.3 Å². The second-order valence-corrected chi connectivity index (χ2v) is 8.44. The number of anilines is 1. The van der Waals surface area contributed by atoms with Crippen LogP contribution in [0, 0.1) is 0 Å². The molecule has 29 heavy (non-hydrogen) atoms. The molecule has 2 aromatic rings. The van der Waals surface area contributed by atoms with Crippen molar-refractivity contribution in [3.05, 3.63) is 52.4 Å². The zero-order valence-electron chi connectivity index (χ0n) is 16.9. The summed E-state index contributed by atoms with van der Waals surface area (Å²) in [4.78, 5) is 33.4. The third kappa shape index (κ3) is 3.56. The average molecular weight is 412 g/mol. The Labute approximate surface area is 175 Å². The number of carbonyl (C=O) groups is 2. The van der Waals surface area contributed by atoms with Crippen LogP contribution in [0.3, 0.4) is 0 Å². The molecular weight excluding hydrogens is 386 g/mol. The second kappa shape index (κ2) is 8.00. The smallest absolute Gasteiger partial charge is 0.282 e. The van der Waals surface area contributed by atoms with Crippen LogP contribution in [0.15, 0.2) is 47.5 Å². The number of piperidine rings is 1. The number of thiophene rings is 1. The van der Waals surface area contributed by atoms with Gasteiger partial charge in [0.15, 0.2) is 0 Å². The van der Waals surface area contributed by atoms with Gasteiger partial charge in [0.25, 0.3) is 11.8 Å². The van der Waals surface area contributed by atoms with Crippen LogP contribution in [0.5, 0.6) is 5.75 Å². The first-order valence-electron chi connectivity index (χ1n) is 9.73. The van der Waals surface area contributed by atoms with Gasteiger partial charge in [-0.05, 0) is 56.6 Å². The Bertz CT molecular complexity index is 946. The molecule has 0 spiro atoms. The predicted molar refractivity (Wildman–Crippen MR) is 115 cm³/mol. The summed E-state index contributed by atoms with van der Waals surface area (Å²) in [6.07, 6.45) is 1.93. The van der Waals surface area contributed by atoms with Gasteiger partial charge in [0, 0.05) is 24.0 Å². The highest BCUT2D eigenvalue weighted by atomic mass is 32.1. The number of hydrogen-bond donors (Lipinski definition) is 0. The molecule has 0 N–H and O–H groups in total. The van der Waals surface area contributed by atoms with E-state index in [1.807, 2.05) is 29.5 Å². The molecule has 0 unspecified atom stereocenters. The highest BCUT2D eigenvalue weighted by molar-refractivity contribution is 7.11. The molecule has 0 bridgehead atoms. The molecule has 0 radical (unpaired) electrons. The SMILES string of the molecule is COc1cccc(N2C(=O)C(c3cccs3)=C(N(C)C3CCN(C)CC3)C2=O)c1. The van der Waals surface area contributed by atoms with Crippen molar-refractivity contribution in [1.82, 2.24) is 9.80 Å². The van der Waals surface area contributed by atoms with E-state index in [1.54, 1.807) is 31.4 Å². The van der Waals surface area contributed by atoms with Gasteiger partial charge in [-0.3, -0.25) is 9.59 Å². The van der Waals surface area contributed by atoms with Gasteiger partial charge in [-0.15, -0.1) is 11.3 Å². The van der Waals surface area contributed by atoms with Gasteiger partial charge >= 0.3 is 0 Å². The number of amides is 2. The van der Waals surface area contributed by atoms with Gasteiger partial charge in [0.05, 0.1) is 18.4 Å². The molecule has 0 atom stereocenters. The largest absolute Gasteiger partial charge is 0.497 e.